The van der Waals surface area contributed by atoms with E-state index in [-0.39, 0.29) is 37.2 Å². The lowest BCUT2D eigenvalue weighted by Crippen LogP contribution is -3.00. The molecule has 43 heavy (non-hydrogen) atoms. The van der Waals surface area contributed by atoms with Crippen LogP contribution in [0.5, 0.6) is 0 Å². The largest absolute Gasteiger partial charge is 1.00 e. The summed E-state index contributed by atoms with van der Waals surface area (Å²) in [6.45, 7) is -0.199. The Morgan fingerprint density at radius 3 is 1.84 bits per heavy atom. The SMILES string of the molecule is CN[C@@H]1[C@H](O[C@H]2[C@H](O[C@H]3[C@H](O)[C@@H](O)[C@H](N=C(N)N)[C@@H](O)[C@@H]3N=C(N)N)O[C@@H](C)[C@]2(O)CO)O[C@@H](CO)[C@H](O)[C@H]1O.[Cl-].[Cl-].[Cl-]. The van der Waals surface area contributed by atoms with E-state index in [4.69, 9.17) is 41.9 Å². The molecule has 19 nitrogen and oxygen atoms in total. The quantitative estimate of drug-likeness (QED) is 0.0789. The minimum Gasteiger partial charge on any atom is -1.00 e. The number of likely N-dealkylation sites (N-methyl/N-ethyl adjacent to an activating group) is 1. The second-order valence-electron chi connectivity index (χ2n) is 10.0. The Kier molecular flexibility index (Phi) is 16.5. The van der Waals surface area contributed by atoms with Gasteiger partial charge in [-0.1, -0.05) is 0 Å². The Hall–Kier alpha value is -1.11. The molecule has 0 aromatic heterocycles. The van der Waals surface area contributed by atoms with Crippen molar-refractivity contribution in [2.24, 2.45) is 32.9 Å². The summed E-state index contributed by atoms with van der Waals surface area (Å²) in [6.07, 6.45) is -16.9. The Morgan fingerprint density at radius 2 is 1.35 bits per heavy atom. The first-order valence-electron chi connectivity index (χ1n) is 12.5. The molecule has 15 atom stereocenters. The molecule has 0 amide bonds. The monoisotopic (exact) mass is 688 g/mol. The van der Waals surface area contributed by atoms with Gasteiger partial charge >= 0.3 is 0 Å². The molecule has 2 aliphatic heterocycles. The number of hydrogen-bond donors (Lipinski definition) is 13. The van der Waals surface area contributed by atoms with Gasteiger partial charge in [-0.25, -0.2) is 9.98 Å². The van der Waals surface area contributed by atoms with Crippen molar-refractivity contribution in [2.75, 3.05) is 20.3 Å². The van der Waals surface area contributed by atoms with Gasteiger partial charge in [0.05, 0.1) is 25.4 Å². The van der Waals surface area contributed by atoms with E-state index in [2.05, 4.69) is 15.3 Å². The van der Waals surface area contributed by atoms with Gasteiger partial charge in [-0.05, 0) is 14.0 Å². The molecule has 256 valence electrons. The predicted octanol–water partition coefficient (Wildman–Crippen LogP) is -17.4. The molecule has 0 aromatic rings. The van der Waals surface area contributed by atoms with Crippen LogP contribution in [0, 0.1) is 0 Å². The van der Waals surface area contributed by atoms with Crippen LogP contribution in [-0.2, 0) is 18.9 Å². The van der Waals surface area contributed by atoms with E-state index >= 15 is 0 Å². The molecule has 22 heteroatoms. The van der Waals surface area contributed by atoms with Crippen LogP contribution in [0.25, 0.3) is 0 Å². The standard InChI is InChI=1S/C21H41N7O12.3ClH/c1-5-21(36,4-30)16(40-17-9(26-2)13(34)10(31)6(3-29)38-17)18(37-5)39-15-8(28-20(24)25)11(32)7(27-19(22)23)12(33)14(15)35;;;/h5-18,26,29-36H,3-4H2,1-2H3,(H4,22,23,27)(H4,24,25,28);3*1H/p-3/t5-,6-,7+,8-,9-,10-,11+,12-,13-,14+,15+,16-,17-,18-,21+;;;/m0.../s1. The van der Waals surface area contributed by atoms with E-state index in [1.165, 1.54) is 14.0 Å². The fourth-order valence-corrected chi connectivity index (χ4v) is 5.17. The number of ether oxygens (including phenoxy) is 4. The van der Waals surface area contributed by atoms with Gasteiger partial charge in [0.2, 0.25) is 0 Å². The summed E-state index contributed by atoms with van der Waals surface area (Å²) in [5, 5.41) is 87.0. The zero-order valence-corrected chi connectivity index (χ0v) is 25.3. The summed E-state index contributed by atoms with van der Waals surface area (Å²) in [4.78, 5) is 7.66. The topological polar surface area (TPSA) is 340 Å². The number of nitrogens with two attached hydrogens (primary N) is 4. The fourth-order valence-electron chi connectivity index (χ4n) is 5.17. The number of aliphatic hydroxyl groups excluding tert-OH is 7. The van der Waals surface area contributed by atoms with E-state index in [9.17, 15) is 40.9 Å². The average molecular weight is 690 g/mol. The number of halogens is 3. The van der Waals surface area contributed by atoms with Gasteiger partial charge in [0.25, 0.3) is 0 Å². The maximum absolute atomic E-state index is 11.3. The molecule has 2 saturated heterocycles. The van der Waals surface area contributed by atoms with Crippen molar-refractivity contribution in [3.8, 4) is 0 Å². The molecule has 0 spiro atoms. The summed E-state index contributed by atoms with van der Waals surface area (Å²) in [7, 11) is 1.44. The molecular weight excluding hydrogens is 649 g/mol. The number of aliphatic hydroxyl groups is 8. The maximum atomic E-state index is 11.3. The van der Waals surface area contributed by atoms with Gasteiger partial charge in [0.1, 0.15) is 66.5 Å². The molecular formula is C21H41Cl3N7O12-3. The number of nitrogens with zero attached hydrogens (tertiary/aromatic N) is 2. The second-order valence-corrected chi connectivity index (χ2v) is 10.0. The molecule has 3 rings (SSSR count). The van der Waals surface area contributed by atoms with Crippen LogP contribution in [0.4, 0.5) is 0 Å². The lowest BCUT2D eigenvalue weighted by Gasteiger charge is -2.45. The van der Waals surface area contributed by atoms with Crippen molar-refractivity contribution < 1.29 is 97.0 Å². The number of aliphatic imine (C=N–C) groups is 2. The van der Waals surface area contributed by atoms with Gasteiger partial charge in [0.15, 0.2) is 24.5 Å². The van der Waals surface area contributed by atoms with Crippen LogP contribution in [0.1, 0.15) is 6.92 Å². The Balaban J connectivity index is 0.00000588. The minimum absolute atomic E-state index is 0. The molecule has 3 aliphatic rings. The van der Waals surface area contributed by atoms with E-state index in [1.54, 1.807) is 0 Å². The van der Waals surface area contributed by atoms with Crippen LogP contribution < -0.4 is 65.5 Å². The molecule has 17 N–H and O–H groups in total. The van der Waals surface area contributed by atoms with E-state index in [0.29, 0.717) is 0 Å². The predicted molar refractivity (Wildman–Crippen MR) is 134 cm³/mol. The van der Waals surface area contributed by atoms with Gasteiger partial charge in [-0.3, -0.25) is 0 Å². The summed E-state index contributed by atoms with van der Waals surface area (Å²) in [6, 6.07) is -4.00. The molecule has 1 saturated carbocycles. The molecule has 3 fully saturated rings. The normalized spacial score (nSPS) is 44.2. The van der Waals surface area contributed by atoms with Crippen molar-refractivity contribution >= 4 is 11.9 Å². The van der Waals surface area contributed by atoms with E-state index in [0.717, 1.165) is 0 Å². The Bertz CT molecular complexity index is 927. The highest BCUT2D eigenvalue weighted by Crippen LogP contribution is 2.39. The third kappa shape index (κ3) is 8.38. The van der Waals surface area contributed by atoms with Crippen LogP contribution in [-0.4, -0.2) is 164 Å². The minimum atomic E-state index is -2.15. The van der Waals surface area contributed by atoms with Gasteiger partial charge in [-0.2, -0.15) is 0 Å². The second kappa shape index (κ2) is 17.0. The van der Waals surface area contributed by atoms with Gasteiger partial charge in [0, 0.05) is 0 Å². The highest BCUT2D eigenvalue weighted by molar-refractivity contribution is 5.76. The number of rotatable bonds is 9. The lowest BCUT2D eigenvalue weighted by atomic mass is 9.81. The Morgan fingerprint density at radius 1 is 0.791 bits per heavy atom. The van der Waals surface area contributed by atoms with Crippen molar-refractivity contribution in [1.82, 2.24) is 5.32 Å². The maximum Gasteiger partial charge on any atom is 0.187 e. The van der Waals surface area contributed by atoms with Crippen LogP contribution in [0.15, 0.2) is 9.98 Å². The zero-order chi connectivity index (χ0) is 30.1. The first-order chi connectivity index (χ1) is 18.7. The Labute approximate surface area is 265 Å². The van der Waals surface area contributed by atoms with Crippen molar-refractivity contribution in [2.45, 2.75) is 98.2 Å². The van der Waals surface area contributed by atoms with E-state index in [1.807, 2.05) is 0 Å². The molecule has 1 aliphatic carbocycles. The molecule has 0 radical (unpaired) electrons. The highest BCUT2D eigenvalue weighted by atomic mass is 35.5. The first kappa shape index (κ1) is 41.9. The van der Waals surface area contributed by atoms with Crippen LogP contribution >= 0.6 is 0 Å². The van der Waals surface area contributed by atoms with Crippen LogP contribution in [0.3, 0.4) is 0 Å². The third-order valence-corrected chi connectivity index (χ3v) is 7.49. The van der Waals surface area contributed by atoms with Crippen LogP contribution in [0.2, 0.25) is 0 Å². The first-order valence-corrected chi connectivity index (χ1v) is 12.5. The van der Waals surface area contributed by atoms with Gasteiger partial charge in [-0.15, -0.1) is 0 Å². The summed E-state index contributed by atoms with van der Waals surface area (Å²) >= 11 is 0. The number of guanidine groups is 2. The van der Waals surface area contributed by atoms with Crippen molar-refractivity contribution in [3.05, 3.63) is 0 Å². The fraction of sp³-hybridized carbons (Fsp3) is 0.905. The number of hydrogen-bond acceptors (Lipinski definition) is 15. The lowest BCUT2D eigenvalue weighted by molar-refractivity contribution is -0.317. The summed E-state index contributed by atoms with van der Waals surface area (Å²) in [5.74, 6) is -1.01. The van der Waals surface area contributed by atoms with Crippen molar-refractivity contribution in [1.29, 1.82) is 0 Å². The summed E-state index contributed by atoms with van der Waals surface area (Å²) in [5.41, 5.74) is 19.7. The molecule has 2 heterocycles. The molecule has 0 unspecified atom stereocenters. The smallest absolute Gasteiger partial charge is 0.187 e. The molecule has 0 bridgehead atoms. The van der Waals surface area contributed by atoms with Crippen molar-refractivity contribution in [3.63, 3.8) is 0 Å². The average Bonchev–Trinajstić information content (AvgIpc) is 3.13. The number of nitrogens with one attached hydrogen (secondary N) is 1. The highest BCUT2D eigenvalue weighted by Gasteiger charge is 2.60. The van der Waals surface area contributed by atoms with Gasteiger partial charge < -0.3 is 125 Å². The zero-order valence-electron chi connectivity index (χ0n) is 23.0. The van der Waals surface area contributed by atoms with E-state index < -0.39 is 116 Å². The summed E-state index contributed by atoms with van der Waals surface area (Å²) < 4.78 is 23.2. The molecule has 0 aromatic carbocycles. The third-order valence-electron chi connectivity index (χ3n) is 7.49.